The Kier molecular flexibility index (Phi) is 5.45. The first-order valence-corrected chi connectivity index (χ1v) is 9.55. The van der Waals surface area contributed by atoms with Crippen LogP contribution in [-0.2, 0) is 4.74 Å². The molecular formula is C19H28N4O3. The first-order valence-electron chi connectivity index (χ1n) is 9.55. The number of hydrogen-bond acceptors (Lipinski definition) is 5. The smallest absolute Gasteiger partial charge is 0.195 e. The number of ether oxygens (including phenoxy) is 3. The molecule has 2 unspecified atom stereocenters. The van der Waals surface area contributed by atoms with Crippen molar-refractivity contribution in [1.82, 2.24) is 10.2 Å². The zero-order valence-corrected chi connectivity index (χ0v) is 15.4. The van der Waals surface area contributed by atoms with Crippen molar-refractivity contribution in [3.8, 4) is 11.5 Å². The molecule has 7 nitrogen and oxygen atoms in total. The van der Waals surface area contributed by atoms with Gasteiger partial charge in [0.1, 0.15) is 0 Å². The van der Waals surface area contributed by atoms with E-state index >= 15 is 0 Å². The van der Waals surface area contributed by atoms with Crippen molar-refractivity contribution in [2.75, 3.05) is 51.8 Å². The largest absolute Gasteiger partial charge is 0.490 e. The Morgan fingerprint density at radius 2 is 2.12 bits per heavy atom. The van der Waals surface area contributed by atoms with E-state index in [2.05, 4.69) is 20.5 Å². The van der Waals surface area contributed by atoms with Crippen molar-refractivity contribution in [2.45, 2.75) is 31.4 Å². The quantitative estimate of drug-likeness (QED) is 0.632. The second-order valence-corrected chi connectivity index (χ2v) is 7.04. The maximum atomic E-state index is 6.00. The monoisotopic (exact) mass is 360 g/mol. The summed E-state index contributed by atoms with van der Waals surface area (Å²) in [6.45, 7) is 5.17. The lowest BCUT2D eigenvalue weighted by molar-refractivity contribution is -0.0452. The minimum Gasteiger partial charge on any atom is -0.490 e. The molecule has 0 aromatic heterocycles. The summed E-state index contributed by atoms with van der Waals surface area (Å²) < 4.78 is 17.4. The zero-order valence-electron chi connectivity index (χ0n) is 15.4. The van der Waals surface area contributed by atoms with Gasteiger partial charge in [0, 0.05) is 44.4 Å². The van der Waals surface area contributed by atoms with Crippen LogP contribution in [0.2, 0.25) is 0 Å². The van der Waals surface area contributed by atoms with E-state index in [1.54, 1.807) is 7.05 Å². The lowest BCUT2D eigenvalue weighted by Gasteiger charge is -2.35. The second-order valence-electron chi connectivity index (χ2n) is 7.04. The van der Waals surface area contributed by atoms with Gasteiger partial charge < -0.3 is 24.8 Å². The Hall–Kier alpha value is -1.99. The van der Waals surface area contributed by atoms with Crippen LogP contribution in [0.4, 0.5) is 5.69 Å². The lowest BCUT2D eigenvalue weighted by Crippen LogP contribution is -2.50. The molecule has 2 atom stereocenters. The average molecular weight is 360 g/mol. The van der Waals surface area contributed by atoms with Crippen LogP contribution in [0.1, 0.15) is 19.3 Å². The molecule has 0 saturated carbocycles. The first kappa shape index (κ1) is 17.4. The first-order chi connectivity index (χ1) is 12.8. The van der Waals surface area contributed by atoms with Gasteiger partial charge in [-0.15, -0.1) is 0 Å². The summed E-state index contributed by atoms with van der Waals surface area (Å²) in [5.41, 5.74) is 0.923. The molecule has 2 saturated heterocycles. The van der Waals surface area contributed by atoms with Gasteiger partial charge >= 0.3 is 0 Å². The van der Waals surface area contributed by atoms with E-state index in [9.17, 15) is 0 Å². The molecule has 1 aromatic rings. The molecule has 0 amide bonds. The highest BCUT2D eigenvalue weighted by atomic mass is 16.5. The van der Waals surface area contributed by atoms with Gasteiger partial charge in [-0.05, 0) is 31.5 Å². The van der Waals surface area contributed by atoms with E-state index in [1.807, 2.05) is 18.2 Å². The van der Waals surface area contributed by atoms with Gasteiger partial charge in [0.05, 0.1) is 25.9 Å². The van der Waals surface area contributed by atoms with Crippen LogP contribution in [0.5, 0.6) is 11.5 Å². The molecule has 3 heterocycles. The molecule has 0 aliphatic carbocycles. The minimum atomic E-state index is 0.201. The number of rotatable bonds is 3. The highest BCUT2D eigenvalue weighted by Gasteiger charge is 2.32. The Morgan fingerprint density at radius 3 is 3.00 bits per heavy atom. The summed E-state index contributed by atoms with van der Waals surface area (Å²) in [5.74, 6) is 2.30. The van der Waals surface area contributed by atoms with E-state index in [0.29, 0.717) is 19.3 Å². The molecule has 7 heteroatoms. The van der Waals surface area contributed by atoms with Crippen LogP contribution in [0, 0.1) is 0 Å². The van der Waals surface area contributed by atoms with Crippen molar-refractivity contribution >= 4 is 11.6 Å². The minimum absolute atomic E-state index is 0.201. The molecule has 142 valence electrons. The summed E-state index contributed by atoms with van der Waals surface area (Å²) in [6.07, 6.45) is 3.67. The van der Waals surface area contributed by atoms with Crippen LogP contribution in [0.3, 0.4) is 0 Å². The van der Waals surface area contributed by atoms with Crippen molar-refractivity contribution in [3.63, 3.8) is 0 Å². The highest BCUT2D eigenvalue weighted by molar-refractivity contribution is 5.93. The predicted molar refractivity (Wildman–Crippen MR) is 101 cm³/mol. The van der Waals surface area contributed by atoms with Gasteiger partial charge in [-0.25, -0.2) is 0 Å². The van der Waals surface area contributed by atoms with Gasteiger partial charge in [-0.3, -0.25) is 9.89 Å². The third-order valence-corrected chi connectivity index (χ3v) is 5.19. The van der Waals surface area contributed by atoms with Gasteiger partial charge in [0.25, 0.3) is 0 Å². The fourth-order valence-electron chi connectivity index (χ4n) is 3.78. The molecule has 0 radical (unpaired) electrons. The molecule has 3 aliphatic heterocycles. The molecule has 4 rings (SSSR count). The normalized spacial score (nSPS) is 26.1. The number of fused-ring (bicyclic) bond motifs is 2. The van der Waals surface area contributed by atoms with Crippen LogP contribution in [0.15, 0.2) is 23.2 Å². The topological polar surface area (TPSA) is 67.4 Å². The van der Waals surface area contributed by atoms with Gasteiger partial charge in [-0.2, -0.15) is 0 Å². The fourth-order valence-corrected chi connectivity index (χ4v) is 3.78. The molecule has 0 bridgehead atoms. The van der Waals surface area contributed by atoms with E-state index < -0.39 is 0 Å². The molecule has 0 spiro atoms. The highest BCUT2D eigenvalue weighted by Crippen LogP contribution is 2.32. The number of benzene rings is 1. The molecule has 2 N–H and O–H groups in total. The van der Waals surface area contributed by atoms with Crippen molar-refractivity contribution in [2.24, 2.45) is 4.99 Å². The van der Waals surface area contributed by atoms with E-state index in [0.717, 1.165) is 49.3 Å². The van der Waals surface area contributed by atoms with Crippen molar-refractivity contribution in [1.29, 1.82) is 0 Å². The maximum absolute atomic E-state index is 6.00. The fraction of sp³-hybridized carbons (Fsp3) is 0.632. The van der Waals surface area contributed by atoms with Crippen molar-refractivity contribution in [3.05, 3.63) is 18.2 Å². The Labute approximate surface area is 154 Å². The van der Waals surface area contributed by atoms with E-state index in [4.69, 9.17) is 14.2 Å². The SMILES string of the molecule is CN=C(NCC1CN2CCCC2CO1)Nc1ccc2c(c1)OCCCO2. The number of nitrogens with one attached hydrogen (secondary N) is 2. The average Bonchev–Trinajstić information content (AvgIpc) is 3.01. The molecular weight excluding hydrogens is 332 g/mol. The molecule has 3 aliphatic rings. The summed E-state index contributed by atoms with van der Waals surface area (Å²) in [5, 5.41) is 6.69. The number of nitrogens with zero attached hydrogens (tertiary/aromatic N) is 2. The van der Waals surface area contributed by atoms with Gasteiger partial charge in [-0.1, -0.05) is 0 Å². The van der Waals surface area contributed by atoms with E-state index in [-0.39, 0.29) is 6.10 Å². The molecule has 26 heavy (non-hydrogen) atoms. The standard InChI is InChI=1S/C19H28N4O3/c1-20-19(21-11-16-12-23-7-2-4-15(23)13-26-16)22-14-5-6-17-18(10-14)25-9-3-8-24-17/h5-6,10,15-16H,2-4,7-9,11-13H2,1H3,(H2,20,21,22). The van der Waals surface area contributed by atoms with Gasteiger partial charge in [0.2, 0.25) is 0 Å². The summed E-state index contributed by atoms with van der Waals surface area (Å²) >= 11 is 0. The zero-order chi connectivity index (χ0) is 17.8. The number of hydrogen-bond donors (Lipinski definition) is 2. The maximum Gasteiger partial charge on any atom is 0.195 e. The van der Waals surface area contributed by atoms with Gasteiger partial charge in [0.15, 0.2) is 17.5 Å². The Balaban J connectivity index is 1.31. The third kappa shape index (κ3) is 4.04. The lowest BCUT2D eigenvalue weighted by atomic mass is 10.2. The summed E-state index contributed by atoms with van der Waals surface area (Å²) in [6, 6.07) is 6.50. The second kappa shape index (κ2) is 8.14. The van der Waals surface area contributed by atoms with Crippen LogP contribution < -0.4 is 20.1 Å². The number of morpholine rings is 1. The van der Waals surface area contributed by atoms with E-state index in [1.165, 1.54) is 19.4 Å². The predicted octanol–water partition coefficient (Wildman–Crippen LogP) is 1.70. The number of guanidine groups is 1. The van der Waals surface area contributed by atoms with Crippen LogP contribution in [0.25, 0.3) is 0 Å². The van der Waals surface area contributed by atoms with Crippen molar-refractivity contribution < 1.29 is 14.2 Å². The number of aliphatic imine (C=N–C) groups is 1. The Morgan fingerprint density at radius 1 is 1.23 bits per heavy atom. The Bertz CT molecular complexity index is 652. The van der Waals surface area contributed by atoms with Crippen LogP contribution in [-0.4, -0.2) is 69.5 Å². The molecule has 1 aromatic carbocycles. The summed E-state index contributed by atoms with van der Waals surface area (Å²) in [4.78, 5) is 6.87. The van der Waals surface area contributed by atoms with Crippen LogP contribution >= 0.6 is 0 Å². The third-order valence-electron chi connectivity index (χ3n) is 5.19. The number of anilines is 1. The summed E-state index contributed by atoms with van der Waals surface area (Å²) in [7, 11) is 1.77. The molecule has 2 fully saturated rings.